The Kier molecular flexibility index (Phi) is 9.62. The summed E-state index contributed by atoms with van der Waals surface area (Å²) in [6, 6.07) is 6.93. The maximum Gasteiger partial charge on any atom is 0.407 e. The maximum atomic E-state index is 12.7. The Morgan fingerprint density at radius 1 is 1.12 bits per heavy atom. The lowest BCUT2D eigenvalue weighted by atomic mass is 9.96. The van der Waals surface area contributed by atoms with E-state index in [2.05, 4.69) is 10.6 Å². The number of likely N-dealkylation sites (tertiary alicyclic amines) is 1. The predicted molar refractivity (Wildman–Crippen MR) is 123 cm³/mol. The molecule has 178 valence electrons. The van der Waals surface area contributed by atoms with Gasteiger partial charge in [-0.05, 0) is 70.7 Å². The molecule has 0 bridgehead atoms. The Labute approximate surface area is 195 Å². The van der Waals surface area contributed by atoms with E-state index in [9.17, 15) is 14.4 Å². The number of rotatable bonds is 8. The van der Waals surface area contributed by atoms with E-state index in [0.29, 0.717) is 36.3 Å². The molecule has 3 amide bonds. The van der Waals surface area contributed by atoms with Crippen molar-refractivity contribution in [1.82, 2.24) is 15.5 Å². The van der Waals surface area contributed by atoms with E-state index in [0.717, 1.165) is 12.8 Å². The number of carbonyl (C=O) groups is 3. The van der Waals surface area contributed by atoms with Crippen molar-refractivity contribution in [2.24, 2.45) is 5.92 Å². The van der Waals surface area contributed by atoms with Crippen LogP contribution in [0.5, 0.6) is 5.75 Å². The molecule has 0 aliphatic carbocycles. The third-order valence-electron chi connectivity index (χ3n) is 5.01. The van der Waals surface area contributed by atoms with Gasteiger partial charge < -0.3 is 25.0 Å². The van der Waals surface area contributed by atoms with E-state index in [4.69, 9.17) is 21.1 Å². The third kappa shape index (κ3) is 9.34. The summed E-state index contributed by atoms with van der Waals surface area (Å²) >= 11 is 5.87. The van der Waals surface area contributed by atoms with E-state index >= 15 is 0 Å². The number of alkyl carbamates (subject to hydrolysis) is 1. The molecule has 1 saturated heterocycles. The van der Waals surface area contributed by atoms with Gasteiger partial charge in [-0.15, -0.1) is 0 Å². The molecule has 1 atom stereocenters. The number of nitrogens with one attached hydrogen (secondary N) is 2. The Bertz CT molecular complexity index is 771. The van der Waals surface area contributed by atoms with Crippen LogP contribution in [0.4, 0.5) is 4.79 Å². The molecule has 0 saturated carbocycles. The average molecular weight is 468 g/mol. The van der Waals surface area contributed by atoms with Crippen LogP contribution in [-0.4, -0.2) is 60.7 Å². The van der Waals surface area contributed by atoms with Gasteiger partial charge in [0.2, 0.25) is 5.91 Å². The Morgan fingerprint density at radius 2 is 1.75 bits per heavy atom. The summed E-state index contributed by atoms with van der Waals surface area (Å²) in [6.07, 6.45) is 0.712. The number of halogens is 1. The minimum Gasteiger partial charge on any atom is -0.481 e. The van der Waals surface area contributed by atoms with Gasteiger partial charge in [0.25, 0.3) is 5.91 Å². The van der Waals surface area contributed by atoms with Crippen LogP contribution in [0.3, 0.4) is 0 Å². The highest BCUT2D eigenvalue weighted by Gasteiger charge is 2.27. The van der Waals surface area contributed by atoms with Gasteiger partial charge >= 0.3 is 6.09 Å². The predicted octanol–water partition coefficient (Wildman–Crippen LogP) is 3.38. The highest BCUT2D eigenvalue weighted by Crippen LogP contribution is 2.20. The lowest BCUT2D eigenvalue weighted by Gasteiger charge is -2.33. The zero-order valence-electron chi connectivity index (χ0n) is 19.3. The number of hydrogen-bond donors (Lipinski definition) is 2. The van der Waals surface area contributed by atoms with Crippen molar-refractivity contribution >= 4 is 29.5 Å². The van der Waals surface area contributed by atoms with Crippen LogP contribution in [0.15, 0.2) is 24.3 Å². The zero-order valence-corrected chi connectivity index (χ0v) is 20.0. The largest absolute Gasteiger partial charge is 0.481 e. The molecule has 1 aliphatic rings. The van der Waals surface area contributed by atoms with Crippen LogP contribution in [0, 0.1) is 5.92 Å². The summed E-state index contributed by atoms with van der Waals surface area (Å²) in [7, 11) is 0. The highest BCUT2D eigenvalue weighted by molar-refractivity contribution is 6.30. The lowest BCUT2D eigenvalue weighted by molar-refractivity contribution is -0.139. The van der Waals surface area contributed by atoms with Crippen molar-refractivity contribution in [3.63, 3.8) is 0 Å². The summed E-state index contributed by atoms with van der Waals surface area (Å²) in [5.74, 6) is 0.753. The van der Waals surface area contributed by atoms with Gasteiger partial charge in [-0.25, -0.2) is 4.79 Å². The van der Waals surface area contributed by atoms with Gasteiger partial charge in [0.05, 0.1) is 0 Å². The van der Waals surface area contributed by atoms with Crippen LogP contribution >= 0.6 is 11.6 Å². The first-order valence-corrected chi connectivity index (χ1v) is 11.4. The normalized spacial score (nSPS) is 15.6. The number of carbonyl (C=O) groups excluding carboxylic acids is 3. The lowest BCUT2D eigenvalue weighted by Crippen LogP contribution is -2.46. The molecule has 9 heteroatoms. The Morgan fingerprint density at radius 3 is 2.34 bits per heavy atom. The second-order valence-corrected chi connectivity index (χ2v) is 9.40. The second kappa shape index (κ2) is 11.9. The van der Waals surface area contributed by atoms with E-state index in [-0.39, 0.29) is 24.8 Å². The standard InChI is InChI=1S/C23H34ClN3O5/c1-16(31-19-7-5-18(24)6-8-19)21(29)27-13-10-17(11-14-27)15-26-20(28)9-12-25-22(30)32-23(2,3)4/h5-8,16-17H,9-15H2,1-4H3,(H,25,30)(H,26,28). The average Bonchev–Trinajstić information content (AvgIpc) is 2.72. The van der Waals surface area contributed by atoms with Crippen molar-refractivity contribution in [2.75, 3.05) is 26.2 Å². The highest BCUT2D eigenvalue weighted by atomic mass is 35.5. The fourth-order valence-electron chi connectivity index (χ4n) is 3.32. The SMILES string of the molecule is CC(Oc1ccc(Cl)cc1)C(=O)N1CCC(CNC(=O)CCNC(=O)OC(C)(C)C)CC1. The van der Waals surface area contributed by atoms with Crippen molar-refractivity contribution < 1.29 is 23.9 Å². The van der Waals surface area contributed by atoms with Gasteiger partial charge in [-0.3, -0.25) is 9.59 Å². The molecule has 2 rings (SSSR count). The van der Waals surface area contributed by atoms with Gasteiger partial charge in [0.15, 0.2) is 6.10 Å². The van der Waals surface area contributed by atoms with Gasteiger partial charge in [-0.2, -0.15) is 0 Å². The van der Waals surface area contributed by atoms with E-state index in [1.54, 1.807) is 52.0 Å². The maximum absolute atomic E-state index is 12.7. The summed E-state index contributed by atoms with van der Waals surface area (Å²) in [6.45, 7) is 9.14. The minimum atomic E-state index is -0.579. The first-order valence-electron chi connectivity index (χ1n) is 11.0. The number of benzene rings is 1. The fourth-order valence-corrected chi connectivity index (χ4v) is 3.45. The molecule has 2 N–H and O–H groups in total. The smallest absolute Gasteiger partial charge is 0.407 e. The zero-order chi connectivity index (χ0) is 23.7. The molecular weight excluding hydrogens is 434 g/mol. The molecule has 32 heavy (non-hydrogen) atoms. The van der Waals surface area contributed by atoms with Crippen LogP contribution in [0.25, 0.3) is 0 Å². The van der Waals surface area contributed by atoms with Crippen molar-refractivity contribution in [2.45, 2.75) is 58.7 Å². The van der Waals surface area contributed by atoms with Crippen LogP contribution < -0.4 is 15.4 Å². The molecule has 1 heterocycles. The molecule has 1 aromatic carbocycles. The Balaban J connectivity index is 1.63. The van der Waals surface area contributed by atoms with E-state index < -0.39 is 17.8 Å². The number of piperidine rings is 1. The summed E-state index contributed by atoms with van der Waals surface area (Å²) in [5, 5.41) is 6.10. The van der Waals surface area contributed by atoms with E-state index in [1.807, 2.05) is 4.90 Å². The molecule has 1 aliphatic heterocycles. The summed E-state index contributed by atoms with van der Waals surface area (Å²) < 4.78 is 10.9. The molecular formula is C23H34ClN3O5. The number of amides is 3. The quantitative estimate of drug-likeness (QED) is 0.611. The monoisotopic (exact) mass is 467 g/mol. The van der Waals surface area contributed by atoms with Crippen LogP contribution in [0.1, 0.15) is 47.0 Å². The summed E-state index contributed by atoms with van der Waals surface area (Å²) in [4.78, 5) is 38.1. The first kappa shape index (κ1) is 25.8. The van der Waals surface area contributed by atoms with E-state index in [1.165, 1.54) is 0 Å². The first-order chi connectivity index (χ1) is 15.0. The fraction of sp³-hybridized carbons (Fsp3) is 0.609. The molecule has 1 fully saturated rings. The molecule has 1 aromatic rings. The second-order valence-electron chi connectivity index (χ2n) is 8.97. The van der Waals surface area contributed by atoms with Crippen molar-refractivity contribution in [3.05, 3.63) is 29.3 Å². The molecule has 0 spiro atoms. The van der Waals surface area contributed by atoms with Gasteiger partial charge in [0.1, 0.15) is 11.4 Å². The molecule has 0 radical (unpaired) electrons. The molecule has 8 nitrogen and oxygen atoms in total. The molecule has 1 unspecified atom stereocenters. The van der Waals surface area contributed by atoms with Crippen molar-refractivity contribution in [1.29, 1.82) is 0 Å². The van der Waals surface area contributed by atoms with Gasteiger partial charge in [-0.1, -0.05) is 11.6 Å². The van der Waals surface area contributed by atoms with Gasteiger partial charge in [0, 0.05) is 37.6 Å². The van der Waals surface area contributed by atoms with Crippen molar-refractivity contribution in [3.8, 4) is 5.75 Å². The number of nitrogens with zero attached hydrogens (tertiary/aromatic N) is 1. The van der Waals surface area contributed by atoms with Crippen LogP contribution in [0.2, 0.25) is 5.02 Å². The third-order valence-corrected chi connectivity index (χ3v) is 5.26. The Hall–Kier alpha value is -2.48. The van der Waals surface area contributed by atoms with Crippen LogP contribution in [-0.2, 0) is 14.3 Å². The number of ether oxygens (including phenoxy) is 2. The molecule has 0 aromatic heterocycles. The summed E-state index contributed by atoms with van der Waals surface area (Å²) in [5.41, 5.74) is -0.567. The number of hydrogen-bond acceptors (Lipinski definition) is 5. The minimum absolute atomic E-state index is 0.0457. The topological polar surface area (TPSA) is 97.0 Å².